The van der Waals surface area contributed by atoms with Crippen molar-refractivity contribution in [3.8, 4) is 6.07 Å². The van der Waals surface area contributed by atoms with Crippen LogP contribution in [0.5, 0.6) is 0 Å². The Kier molecular flexibility index (Phi) is 5.80. The lowest BCUT2D eigenvalue weighted by molar-refractivity contribution is -0.139. The van der Waals surface area contributed by atoms with E-state index in [1.807, 2.05) is 18.2 Å². The van der Waals surface area contributed by atoms with Crippen LogP contribution in [-0.2, 0) is 19.0 Å². The van der Waals surface area contributed by atoms with Crippen molar-refractivity contribution in [1.29, 1.82) is 5.26 Å². The Labute approximate surface area is 238 Å². The van der Waals surface area contributed by atoms with Crippen LogP contribution in [0.25, 0.3) is 0 Å². The summed E-state index contributed by atoms with van der Waals surface area (Å²) in [5.74, 6) is -3.81. The number of hydrogen-bond donors (Lipinski definition) is 0. The van der Waals surface area contributed by atoms with E-state index >= 15 is 8.78 Å². The Hall–Kier alpha value is -5.16. The van der Waals surface area contributed by atoms with Gasteiger partial charge in [0.2, 0.25) is 0 Å². The Bertz CT molecular complexity index is 1850. The summed E-state index contributed by atoms with van der Waals surface area (Å²) in [5.41, 5.74) is 0.740. The molecule has 0 amide bonds. The number of alkyl halides is 3. The fourth-order valence-electron chi connectivity index (χ4n) is 6.13. The quantitative estimate of drug-likeness (QED) is 0.196. The first-order valence-electron chi connectivity index (χ1n) is 13.2. The summed E-state index contributed by atoms with van der Waals surface area (Å²) in [4.78, 5) is 2.62. The van der Waals surface area contributed by atoms with Crippen LogP contribution in [0.15, 0.2) is 97.1 Å². The second-order valence-corrected chi connectivity index (χ2v) is 10.2. The number of benzene rings is 5. The first-order chi connectivity index (χ1) is 20.3. The highest BCUT2D eigenvalue weighted by Crippen LogP contribution is 2.55. The largest absolute Gasteiger partial charge is 0.421 e. The minimum atomic E-state index is -5.32. The van der Waals surface area contributed by atoms with E-state index in [1.54, 1.807) is 84.9 Å². The summed E-state index contributed by atoms with van der Waals surface area (Å²) in [6.45, 7) is 0. The van der Waals surface area contributed by atoms with Crippen molar-refractivity contribution in [2.45, 2.75) is 19.0 Å². The molecule has 8 heteroatoms. The highest BCUT2D eigenvalue weighted by atomic mass is 19.4. The Morgan fingerprint density at radius 1 is 0.548 bits per heavy atom. The number of nitriles is 1. The summed E-state index contributed by atoms with van der Waals surface area (Å²) in [6.07, 6.45) is -4.41. The molecule has 0 N–H and O–H groups in total. The molecule has 7 rings (SSSR count). The first kappa shape index (κ1) is 25.8. The van der Waals surface area contributed by atoms with Gasteiger partial charge in [-0.1, -0.05) is 72.8 Å². The van der Waals surface area contributed by atoms with Crippen LogP contribution in [-0.4, -0.2) is 0 Å². The van der Waals surface area contributed by atoms with Gasteiger partial charge in [-0.05, 0) is 46.5 Å². The maximum absolute atomic E-state index is 16.3. The molecule has 3 nitrogen and oxygen atoms in total. The number of rotatable bonds is 2. The molecule has 206 valence electrons. The van der Waals surface area contributed by atoms with Gasteiger partial charge in [0.1, 0.15) is 22.9 Å². The van der Waals surface area contributed by atoms with Gasteiger partial charge in [0.15, 0.2) is 11.6 Å². The Morgan fingerprint density at radius 3 is 1.26 bits per heavy atom. The summed E-state index contributed by atoms with van der Waals surface area (Å²) in [5, 5.41) is 10.6. The van der Waals surface area contributed by atoms with Gasteiger partial charge in [-0.15, -0.1) is 0 Å². The number of fused-ring (bicyclic) bond motifs is 4. The minimum Gasteiger partial charge on any atom is -0.308 e. The maximum atomic E-state index is 16.3. The van der Waals surface area contributed by atoms with Crippen LogP contribution < -0.4 is 9.80 Å². The molecular weight excluding hydrogens is 545 g/mol. The number of halogens is 5. The molecule has 0 aromatic heterocycles. The van der Waals surface area contributed by atoms with Crippen molar-refractivity contribution in [2.75, 3.05) is 9.80 Å². The van der Waals surface area contributed by atoms with Crippen LogP contribution in [0.3, 0.4) is 0 Å². The molecule has 5 aromatic rings. The van der Waals surface area contributed by atoms with E-state index in [4.69, 9.17) is 0 Å². The molecule has 2 aliphatic heterocycles. The summed E-state index contributed by atoms with van der Waals surface area (Å²) >= 11 is 0. The van der Waals surface area contributed by atoms with Crippen LogP contribution in [0.2, 0.25) is 0 Å². The van der Waals surface area contributed by atoms with E-state index in [1.165, 1.54) is 9.80 Å². The second kappa shape index (κ2) is 9.45. The third-order valence-electron chi connectivity index (χ3n) is 7.86. The molecular formula is C34H20F5N3. The van der Waals surface area contributed by atoms with Crippen molar-refractivity contribution < 1.29 is 22.0 Å². The van der Waals surface area contributed by atoms with E-state index < -0.39 is 40.3 Å². The molecule has 0 aliphatic carbocycles. The molecule has 0 bridgehead atoms. The van der Waals surface area contributed by atoms with Crippen molar-refractivity contribution in [2.24, 2.45) is 0 Å². The molecule has 0 fully saturated rings. The van der Waals surface area contributed by atoms with Crippen LogP contribution in [0.4, 0.5) is 56.1 Å². The zero-order chi connectivity index (χ0) is 29.2. The average Bonchev–Trinajstić information content (AvgIpc) is 2.99. The molecule has 0 saturated heterocycles. The van der Waals surface area contributed by atoms with Crippen molar-refractivity contribution in [3.05, 3.63) is 142 Å². The SMILES string of the molecule is N#Cc1c(N2c3ccccc3Cc3ccccc32)c(F)c(F)c(C(F)(F)F)c1N1c2ccccc2Cc2ccccc21. The van der Waals surface area contributed by atoms with Gasteiger partial charge in [-0.25, -0.2) is 8.78 Å². The van der Waals surface area contributed by atoms with E-state index in [-0.39, 0.29) is 0 Å². The summed E-state index contributed by atoms with van der Waals surface area (Å²) < 4.78 is 76.8. The fraction of sp³-hybridized carbons (Fsp3) is 0.0882. The molecule has 42 heavy (non-hydrogen) atoms. The van der Waals surface area contributed by atoms with E-state index in [2.05, 4.69) is 0 Å². The maximum Gasteiger partial charge on any atom is 0.421 e. The van der Waals surface area contributed by atoms with Gasteiger partial charge in [-0.2, -0.15) is 18.4 Å². The topological polar surface area (TPSA) is 30.3 Å². The number of hydrogen-bond acceptors (Lipinski definition) is 3. The standard InChI is InChI=1S/C34H20F5N3/c35-30-29(34(37,38)39)32(41-25-13-5-1-9-20(25)17-21-10-2-6-14-26(21)41)24(19-40)33(31(30)36)42-27-15-7-3-11-22(27)18-23-12-4-8-16-28(23)42/h1-16H,17-18H2. The lowest BCUT2D eigenvalue weighted by Crippen LogP contribution is -2.27. The molecule has 2 aliphatic rings. The van der Waals surface area contributed by atoms with Crippen LogP contribution in [0, 0.1) is 23.0 Å². The third-order valence-corrected chi connectivity index (χ3v) is 7.86. The Morgan fingerprint density at radius 2 is 0.905 bits per heavy atom. The van der Waals surface area contributed by atoms with Gasteiger partial charge in [-0.3, -0.25) is 0 Å². The zero-order valence-electron chi connectivity index (χ0n) is 21.9. The highest BCUT2D eigenvalue weighted by molar-refractivity contribution is 5.94. The van der Waals surface area contributed by atoms with Gasteiger partial charge in [0.05, 0.1) is 5.69 Å². The summed E-state index contributed by atoms with van der Waals surface area (Å²) in [7, 11) is 0. The van der Waals surface area contributed by atoms with Crippen molar-refractivity contribution in [1.82, 2.24) is 0 Å². The molecule has 0 radical (unpaired) electrons. The van der Waals surface area contributed by atoms with Gasteiger partial charge >= 0.3 is 6.18 Å². The number of anilines is 6. The molecule has 2 heterocycles. The normalized spacial score (nSPS) is 13.5. The average molecular weight is 566 g/mol. The first-order valence-corrected chi connectivity index (χ1v) is 13.2. The zero-order valence-corrected chi connectivity index (χ0v) is 21.9. The highest BCUT2D eigenvalue weighted by Gasteiger charge is 2.46. The molecule has 0 atom stereocenters. The van der Waals surface area contributed by atoms with Crippen molar-refractivity contribution in [3.63, 3.8) is 0 Å². The van der Waals surface area contributed by atoms with Gasteiger partial charge < -0.3 is 9.80 Å². The smallest absolute Gasteiger partial charge is 0.308 e. The number of para-hydroxylation sites is 4. The fourth-order valence-corrected chi connectivity index (χ4v) is 6.13. The molecule has 5 aromatic carbocycles. The molecule has 0 unspecified atom stereocenters. The van der Waals surface area contributed by atoms with Crippen molar-refractivity contribution >= 4 is 34.1 Å². The van der Waals surface area contributed by atoms with E-state index in [9.17, 15) is 18.4 Å². The third kappa shape index (κ3) is 3.77. The molecule has 0 saturated carbocycles. The van der Waals surface area contributed by atoms with Gasteiger partial charge in [0.25, 0.3) is 0 Å². The van der Waals surface area contributed by atoms with Crippen LogP contribution in [0.1, 0.15) is 33.4 Å². The second-order valence-electron chi connectivity index (χ2n) is 10.2. The van der Waals surface area contributed by atoms with E-state index in [0.717, 1.165) is 11.1 Å². The minimum absolute atomic E-state index is 0.356. The van der Waals surface area contributed by atoms with Crippen LogP contribution >= 0.6 is 0 Å². The molecule has 0 spiro atoms. The lowest BCUT2D eigenvalue weighted by Gasteiger charge is -2.38. The number of nitrogens with zero attached hydrogens (tertiary/aromatic N) is 3. The predicted octanol–water partition coefficient (Wildman–Crippen LogP) is 9.60. The van der Waals surface area contributed by atoms with Gasteiger partial charge in [0, 0.05) is 35.6 Å². The predicted molar refractivity (Wildman–Crippen MR) is 151 cm³/mol. The lowest BCUT2D eigenvalue weighted by atomic mass is 9.91. The summed E-state index contributed by atoms with van der Waals surface area (Å²) in [6, 6.07) is 29.6. The monoisotopic (exact) mass is 565 g/mol. The Balaban J connectivity index is 1.64. The van der Waals surface area contributed by atoms with E-state index in [0.29, 0.717) is 46.7 Å².